The van der Waals surface area contributed by atoms with E-state index in [9.17, 15) is 23.7 Å². The maximum atomic E-state index is 11.7. The number of rotatable bonds is 4. The molecule has 0 atom stereocenters. The Kier molecular flexibility index (Phi) is 4.48. The van der Waals surface area contributed by atoms with Gasteiger partial charge in [0.15, 0.2) is 10.7 Å². The Labute approximate surface area is 146 Å². The first kappa shape index (κ1) is 17.0. The maximum absolute atomic E-state index is 11.7. The van der Waals surface area contributed by atoms with Gasteiger partial charge in [0.25, 0.3) is 0 Å². The largest absolute Gasteiger partial charge is 0.508 e. The highest BCUT2D eigenvalue weighted by atomic mass is 32.2. The van der Waals surface area contributed by atoms with Gasteiger partial charge in [0.1, 0.15) is 17.1 Å². The van der Waals surface area contributed by atoms with Crippen LogP contribution in [0, 0.1) is 0 Å². The van der Waals surface area contributed by atoms with E-state index >= 15 is 0 Å². The Balaban J connectivity index is 2.33. The molecule has 3 aromatic carbocycles. The summed E-state index contributed by atoms with van der Waals surface area (Å²) in [6.45, 7) is 0. The topological polar surface area (TPSA) is 94.8 Å². The molecule has 0 bridgehead atoms. The highest BCUT2D eigenvalue weighted by Gasteiger charge is 2.36. The summed E-state index contributed by atoms with van der Waals surface area (Å²) in [4.78, 5) is 0.00106. The van der Waals surface area contributed by atoms with Gasteiger partial charge in [-0.25, -0.2) is 8.42 Å². The number of aliphatic hydroxyl groups is 1. The van der Waals surface area contributed by atoms with Crippen LogP contribution in [0.4, 0.5) is 0 Å². The highest BCUT2D eigenvalue weighted by Crippen LogP contribution is 2.39. The average Bonchev–Trinajstić information content (AvgIpc) is 2.62. The number of phenols is 2. The molecule has 0 aliphatic rings. The van der Waals surface area contributed by atoms with E-state index in [1.165, 1.54) is 54.6 Å². The first-order chi connectivity index (χ1) is 11.9. The van der Waals surface area contributed by atoms with E-state index in [0.29, 0.717) is 11.1 Å². The third-order valence-electron chi connectivity index (χ3n) is 4.06. The van der Waals surface area contributed by atoms with Crippen molar-refractivity contribution < 1.29 is 23.7 Å². The lowest BCUT2D eigenvalue weighted by atomic mass is 9.80. The normalized spacial score (nSPS) is 11.6. The van der Waals surface area contributed by atoms with Gasteiger partial charge in [-0.3, -0.25) is 0 Å². The second-order valence-electron chi connectivity index (χ2n) is 5.58. The van der Waals surface area contributed by atoms with Crippen molar-refractivity contribution >= 4 is 10.7 Å². The van der Waals surface area contributed by atoms with Crippen LogP contribution in [0.3, 0.4) is 0 Å². The van der Waals surface area contributed by atoms with Crippen molar-refractivity contribution in [3.8, 4) is 11.5 Å². The van der Waals surface area contributed by atoms with Gasteiger partial charge >= 0.3 is 0 Å². The molecule has 0 fully saturated rings. The molecule has 6 heteroatoms. The number of benzene rings is 3. The van der Waals surface area contributed by atoms with Crippen LogP contribution in [0.15, 0.2) is 77.7 Å². The van der Waals surface area contributed by atoms with Gasteiger partial charge in [-0.1, -0.05) is 42.5 Å². The van der Waals surface area contributed by atoms with Crippen LogP contribution in [0.25, 0.3) is 0 Å². The van der Waals surface area contributed by atoms with Crippen LogP contribution in [0.1, 0.15) is 16.7 Å². The summed E-state index contributed by atoms with van der Waals surface area (Å²) >= 11 is 0. The molecule has 5 nitrogen and oxygen atoms in total. The molecule has 0 amide bonds. The Hall–Kier alpha value is -2.83. The van der Waals surface area contributed by atoms with E-state index in [4.69, 9.17) is 0 Å². The average molecular weight is 356 g/mol. The second-order valence-corrected chi connectivity index (χ2v) is 6.57. The third kappa shape index (κ3) is 3.09. The number of hydrogen-bond acceptors (Lipinski definition) is 5. The Bertz CT molecular complexity index is 906. The molecule has 3 N–H and O–H groups in total. The summed E-state index contributed by atoms with van der Waals surface area (Å²) in [7, 11) is -2.93. The van der Waals surface area contributed by atoms with Crippen LogP contribution < -0.4 is 0 Å². The van der Waals surface area contributed by atoms with Crippen molar-refractivity contribution in [1.29, 1.82) is 0 Å². The summed E-state index contributed by atoms with van der Waals surface area (Å²) < 4.78 is 23.4. The Morgan fingerprint density at radius 2 is 1.12 bits per heavy atom. The lowest BCUT2D eigenvalue weighted by Crippen LogP contribution is -2.30. The van der Waals surface area contributed by atoms with Gasteiger partial charge in [0, 0.05) is 5.56 Å². The zero-order chi connectivity index (χ0) is 18.0. The molecule has 3 aromatic rings. The van der Waals surface area contributed by atoms with E-state index in [-0.39, 0.29) is 22.0 Å². The number of thiol groups is 1. The molecule has 0 spiro atoms. The summed E-state index contributed by atoms with van der Waals surface area (Å²) in [5, 5.41) is 30.7. The van der Waals surface area contributed by atoms with Gasteiger partial charge in [0.2, 0.25) is 0 Å². The van der Waals surface area contributed by atoms with Gasteiger partial charge in [-0.15, -0.1) is 0 Å². The van der Waals surface area contributed by atoms with E-state index in [1.807, 2.05) is 0 Å². The standard InChI is InChI=1S/C19H16O5S/c20-15-9-5-13(6-10-15)19(22,14-7-11-16(21)12-8-14)17-3-1-2-4-18(17)25(23)24/h1-12,20-22,25H. The second kappa shape index (κ2) is 6.58. The predicted molar refractivity (Wildman–Crippen MR) is 93.3 cm³/mol. The highest BCUT2D eigenvalue weighted by molar-refractivity contribution is 7.72. The van der Waals surface area contributed by atoms with Crippen LogP contribution >= 0.6 is 0 Å². The molecule has 0 saturated heterocycles. The lowest BCUT2D eigenvalue weighted by molar-refractivity contribution is 0.122. The van der Waals surface area contributed by atoms with Crippen LogP contribution in [0.2, 0.25) is 0 Å². The summed E-state index contributed by atoms with van der Waals surface area (Å²) in [5.41, 5.74) is -0.795. The molecule has 0 aliphatic carbocycles. The zero-order valence-electron chi connectivity index (χ0n) is 13.0. The van der Waals surface area contributed by atoms with Crippen molar-refractivity contribution in [2.75, 3.05) is 0 Å². The minimum Gasteiger partial charge on any atom is -0.508 e. The van der Waals surface area contributed by atoms with Crippen molar-refractivity contribution in [3.63, 3.8) is 0 Å². The Morgan fingerprint density at radius 1 is 0.680 bits per heavy atom. The molecule has 0 unspecified atom stereocenters. The fraction of sp³-hybridized carbons (Fsp3) is 0.0526. The van der Waals surface area contributed by atoms with Crippen LogP contribution in [-0.2, 0) is 16.3 Å². The summed E-state index contributed by atoms with van der Waals surface area (Å²) in [6, 6.07) is 18.0. The summed E-state index contributed by atoms with van der Waals surface area (Å²) in [5.74, 6) is 0.0555. The summed E-state index contributed by atoms with van der Waals surface area (Å²) in [6.07, 6.45) is 0. The van der Waals surface area contributed by atoms with E-state index < -0.39 is 16.3 Å². The molecule has 0 saturated carbocycles. The number of hydrogen-bond donors (Lipinski definition) is 4. The molecule has 3 rings (SSSR count). The number of phenolic OH excluding ortho intramolecular Hbond substituents is 2. The van der Waals surface area contributed by atoms with Gasteiger partial charge in [-0.05, 0) is 41.5 Å². The molecule has 25 heavy (non-hydrogen) atoms. The molecular formula is C19H16O5S. The monoisotopic (exact) mass is 356 g/mol. The van der Waals surface area contributed by atoms with E-state index in [2.05, 4.69) is 0 Å². The molecule has 0 heterocycles. The van der Waals surface area contributed by atoms with Gasteiger partial charge in [0.05, 0.1) is 4.90 Å². The fourth-order valence-corrected chi connectivity index (χ4v) is 3.46. The van der Waals surface area contributed by atoms with Crippen molar-refractivity contribution in [3.05, 3.63) is 89.5 Å². The maximum Gasteiger partial charge on any atom is 0.168 e. The van der Waals surface area contributed by atoms with Crippen molar-refractivity contribution in [1.82, 2.24) is 0 Å². The van der Waals surface area contributed by atoms with E-state index in [1.54, 1.807) is 18.2 Å². The minimum atomic E-state index is -2.93. The first-order valence-electron chi connectivity index (χ1n) is 7.48. The molecule has 128 valence electrons. The lowest BCUT2D eigenvalue weighted by Gasteiger charge is -2.31. The third-order valence-corrected chi connectivity index (χ3v) is 4.84. The fourth-order valence-electron chi connectivity index (χ4n) is 2.82. The van der Waals surface area contributed by atoms with Crippen molar-refractivity contribution in [2.24, 2.45) is 0 Å². The molecule has 0 radical (unpaired) electrons. The smallest absolute Gasteiger partial charge is 0.168 e. The van der Waals surface area contributed by atoms with Crippen LogP contribution in [0.5, 0.6) is 11.5 Å². The zero-order valence-corrected chi connectivity index (χ0v) is 13.9. The van der Waals surface area contributed by atoms with Crippen molar-refractivity contribution in [2.45, 2.75) is 10.5 Å². The Morgan fingerprint density at radius 3 is 1.56 bits per heavy atom. The SMILES string of the molecule is O=[SH](=O)c1ccccc1C(O)(c1ccc(O)cc1)c1ccc(O)cc1. The molecule has 0 aliphatic heterocycles. The van der Waals surface area contributed by atoms with Gasteiger partial charge in [-0.2, -0.15) is 0 Å². The van der Waals surface area contributed by atoms with E-state index in [0.717, 1.165) is 0 Å². The first-order valence-corrected chi connectivity index (χ1v) is 8.66. The van der Waals surface area contributed by atoms with Crippen LogP contribution in [-0.4, -0.2) is 23.7 Å². The predicted octanol–water partition coefficient (Wildman–Crippen LogP) is 2.35. The molecular weight excluding hydrogens is 340 g/mol. The quantitative estimate of drug-likeness (QED) is 0.425. The van der Waals surface area contributed by atoms with Gasteiger partial charge < -0.3 is 15.3 Å². The number of aromatic hydroxyl groups is 2. The molecule has 0 aromatic heterocycles. The minimum absolute atomic E-state index is 0.00106.